The fourth-order valence-corrected chi connectivity index (χ4v) is 9.08. The van der Waals surface area contributed by atoms with Gasteiger partial charge >= 0.3 is 0 Å². The van der Waals surface area contributed by atoms with E-state index in [1.54, 1.807) is 0 Å². The van der Waals surface area contributed by atoms with Crippen molar-refractivity contribution < 1.29 is 0 Å². The number of aromatic nitrogens is 2. The summed E-state index contributed by atoms with van der Waals surface area (Å²) in [6.45, 7) is 4.70. The maximum atomic E-state index is 5.06. The largest absolute Gasteiger partial charge is 0.228 e. The van der Waals surface area contributed by atoms with Gasteiger partial charge in [-0.1, -0.05) is 172 Å². The molecule has 8 aromatic carbocycles. The topological polar surface area (TPSA) is 25.8 Å². The standard InChI is InChI=1S/C51H38N2/c1-3-51(4-2)44-22-14-13-21-42(44)49-45(51)30-29-40-38-19-11-12-20-39(38)43-31-37(27-28-41(43)48(40)49)33-23-25-36(26-24-33)50-52-46(34-15-7-5-8-16-34)32-47(53-50)35-17-9-6-10-18-35/h5-32H,3-4H2,1-2H3. The molecule has 0 bridgehead atoms. The Morgan fingerprint density at radius 2 is 0.925 bits per heavy atom. The van der Waals surface area contributed by atoms with E-state index in [0.29, 0.717) is 0 Å². The molecule has 1 aliphatic rings. The summed E-state index contributed by atoms with van der Waals surface area (Å²) in [6.07, 6.45) is 2.17. The van der Waals surface area contributed by atoms with Crippen molar-refractivity contribution >= 4 is 32.3 Å². The lowest BCUT2D eigenvalue weighted by atomic mass is 9.73. The maximum absolute atomic E-state index is 5.06. The molecule has 53 heavy (non-hydrogen) atoms. The summed E-state index contributed by atoms with van der Waals surface area (Å²) in [5.41, 5.74) is 13.1. The van der Waals surface area contributed by atoms with E-state index in [9.17, 15) is 0 Å². The first kappa shape index (κ1) is 31.4. The third-order valence-electron chi connectivity index (χ3n) is 11.8. The molecule has 0 aliphatic heterocycles. The van der Waals surface area contributed by atoms with Crippen LogP contribution in [0.5, 0.6) is 0 Å². The third kappa shape index (κ3) is 4.86. The van der Waals surface area contributed by atoms with Gasteiger partial charge in [-0.3, -0.25) is 0 Å². The Morgan fingerprint density at radius 3 is 1.58 bits per heavy atom. The Bertz CT molecular complexity index is 2770. The lowest BCUT2D eigenvalue weighted by molar-refractivity contribution is 0.491. The van der Waals surface area contributed by atoms with Crippen molar-refractivity contribution in [1.29, 1.82) is 0 Å². The lowest BCUT2D eigenvalue weighted by Gasteiger charge is -2.29. The van der Waals surface area contributed by atoms with Crippen LogP contribution in [0.25, 0.3) is 88.5 Å². The predicted molar refractivity (Wildman–Crippen MR) is 223 cm³/mol. The zero-order chi connectivity index (χ0) is 35.5. The summed E-state index contributed by atoms with van der Waals surface area (Å²) >= 11 is 0. The predicted octanol–water partition coefficient (Wildman–Crippen LogP) is 13.7. The van der Waals surface area contributed by atoms with Gasteiger partial charge in [-0.05, 0) is 90.7 Å². The normalized spacial score (nSPS) is 13.0. The number of benzene rings is 8. The van der Waals surface area contributed by atoms with Gasteiger partial charge in [-0.15, -0.1) is 0 Å². The maximum Gasteiger partial charge on any atom is 0.160 e. The van der Waals surface area contributed by atoms with E-state index in [1.807, 2.05) is 12.1 Å². The molecule has 1 aromatic heterocycles. The van der Waals surface area contributed by atoms with Crippen molar-refractivity contribution in [3.63, 3.8) is 0 Å². The van der Waals surface area contributed by atoms with Crippen LogP contribution in [0.15, 0.2) is 170 Å². The second-order valence-corrected chi connectivity index (χ2v) is 14.3. The van der Waals surface area contributed by atoms with E-state index in [-0.39, 0.29) is 5.41 Å². The SMILES string of the molecule is CCC1(CC)c2ccccc2-c2c1ccc1c3ccccc3c3cc(-c4ccc(-c5nc(-c6ccccc6)cc(-c6ccccc6)n5)cc4)ccc3c21. The monoisotopic (exact) mass is 678 g/mol. The zero-order valence-electron chi connectivity index (χ0n) is 30.0. The third-order valence-corrected chi connectivity index (χ3v) is 11.8. The highest BCUT2D eigenvalue weighted by molar-refractivity contribution is 6.29. The van der Waals surface area contributed by atoms with Crippen LogP contribution in [0.2, 0.25) is 0 Å². The quantitative estimate of drug-likeness (QED) is 0.164. The fraction of sp³-hybridized carbons (Fsp3) is 0.0980. The summed E-state index contributed by atoms with van der Waals surface area (Å²) in [7, 11) is 0. The van der Waals surface area contributed by atoms with Crippen molar-refractivity contribution in [2.24, 2.45) is 0 Å². The van der Waals surface area contributed by atoms with Crippen molar-refractivity contribution in [1.82, 2.24) is 9.97 Å². The van der Waals surface area contributed by atoms with Crippen molar-refractivity contribution in [2.75, 3.05) is 0 Å². The number of fused-ring (bicyclic) bond motifs is 10. The minimum Gasteiger partial charge on any atom is -0.228 e. The zero-order valence-corrected chi connectivity index (χ0v) is 30.0. The Morgan fingerprint density at radius 1 is 0.396 bits per heavy atom. The van der Waals surface area contributed by atoms with Crippen LogP contribution in [-0.4, -0.2) is 9.97 Å². The molecular formula is C51H38N2. The molecule has 9 aromatic rings. The van der Waals surface area contributed by atoms with E-state index in [4.69, 9.17) is 9.97 Å². The molecule has 0 atom stereocenters. The molecule has 0 amide bonds. The van der Waals surface area contributed by atoms with Crippen LogP contribution >= 0.6 is 0 Å². The smallest absolute Gasteiger partial charge is 0.160 e. The van der Waals surface area contributed by atoms with Crippen molar-refractivity contribution in [3.8, 4) is 56.2 Å². The van der Waals surface area contributed by atoms with Gasteiger partial charge in [0.15, 0.2) is 5.82 Å². The molecule has 0 spiro atoms. The molecule has 1 heterocycles. The van der Waals surface area contributed by atoms with Crippen LogP contribution in [0.4, 0.5) is 0 Å². The van der Waals surface area contributed by atoms with Crippen LogP contribution in [-0.2, 0) is 5.41 Å². The number of hydrogen-bond acceptors (Lipinski definition) is 2. The second-order valence-electron chi connectivity index (χ2n) is 14.3. The van der Waals surface area contributed by atoms with Gasteiger partial charge in [0.05, 0.1) is 11.4 Å². The van der Waals surface area contributed by atoms with E-state index in [2.05, 4.69) is 172 Å². The average molecular weight is 679 g/mol. The Balaban J connectivity index is 1.13. The molecular weight excluding hydrogens is 641 g/mol. The van der Waals surface area contributed by atoms with Gasteiger partial charge in [0.1, 0.15) is 0 Å². The summed E-state index contributed by atoms with van der Waals surface area (Å²) in [5.74, 6) is 0.720. The molecule has 0 saturated heterocycles. The average Bonchev–Trinajstić information content (AvgIpc) is 3.54. The minimum atomic E-state index is 0.0337. The molecule has 1 aliphatic carbocycles. The van der Waals surface area contributed by atoms with Gasteiger partial charge in [-0.25, -0.2) is 9.97 Å². The van der Waals surface area contributed by atoms with Gasteiger partial charge in [-0.2, -0.15) is 0 Å². The van der Waals surface area contributed by atoms with Crippen molar-refractivity contribution in [2.45, 2.75) is 32.1 Å². The molecule has 0 radical (unpaired) electrons. The lowest BCUT2D eigenvalue weighted by Crippen LogP contribution is -2.22. The van der Waals surface area contributed by atoms with E-state index >= 15 is 0 Å². The van der Waals surface area contributed by atoms with Crippen LogP contribution in [0.3, 0.4) is 0 Å². The fourth-order valence-electron chi connectivity index (χ4n) is 9.08. The summed E-state index contributed by atoms with van der Waals surface area (Å²) < 4.78 is 0. The van der Waals surface area contributed by atoms with Gasteiger partial charge in [0.25, 0.3) is 0 Å². The number of hydrogen-bond donors (Lipinski definition) is 0. The Labute approximate surface area is 310 Å². The minimum absolute atomic E-state index is 0.0337. The van der Waals surface area contributed by atoms with Crippen molar-refractivity contribution in [3.05, 3.63) is 181 Å². The molecule has 0 unspecified atom stereocenters. The first-order valence-electron chi connectivity index (χ1n) is 18.8. The second kappa shape index (κ2) is 12.4. The molecule has 2 heteroatoms. The Kier molecular flexibility index (Phi) is 7.33. The molecule has 0 saturated carbocycles. The molecule has 0 fully saturated rings. The van der Waals surface area contributed by atoms with E-state index in [1.165, 1.54) is 65.7 Å². The summed E-state index contributed by atoms with van der Waals surface area (Å²) in [5, 5.41) is 7.90. The highest BCUT2D eigenvalue weighted by atomic mass is 14.9. The first-order chi connectivity index (χ1) is 26.2. The molecule has 10 rings (SSSR count). The number of rotatable bonds is 6. The van der Waals surface area contributed by atoms with Gasteiger partial charge < -0.3 is 0 Å². The summed E-state index contributed by atoms with van der Waals surface area (Å²) in [4.78, 5) is 10.1. The Hall–Kier alpha value is -6.38. The van der Waals surface area contributed by atoms with E-state index in [0.717, 1.165) is 46.7 Å². The summed E-state index contributed by atoms with van der Waals surface area (Å²) in [6, 6.07) is 61.5. The van der Waals surface area contributed by atoms with E-state index < -0.39 is 0 Å². The van der Waals surface area contributed by atoms with Gasteiger partial charge in [0, 0.05) is 22.1 Å². The molecule has 0 N–H and O–H groups in total. The molecule has 2 nitrogen and oxygen atoms in total. The number of nitrogens with zero attached hydrogens (tertiary/aromatic N) is 2. The van der Waals surface area contributed by atoms with Crippen LogP contribution in [0.1, 0.15) is 37.8 Å². The molecule has 252 valence electrons. The first-order valence-corrected chi connectivity index (χ1v) is 18.8. The van der Waals surface area contributed by atoms with Crippen LogP contribution in [0, 0.1) is 0 Å². The highest BCUT2D eigenvalue weighted by Gasteiger charge is 2.41. The highest BCUT2D eigenvalue weighted by Crippen LogP contribution is 2.56. The van der Waals surface area contributed by atoms with Gasteiger partial charge in [0.2, 0.25) is 0 Å². The van der Waals surface area contributed by atoms with Crippen LogP contribution < -0.4 is 0 Å².